The summed E-state index contributed by atoms with van der Waals surface area (Å²) in [5.41, 5.74) is -0.833. The fourth-order valence-electron chi connectivity index (χ4n) is 8.67. The predicted molar refractivity (Wildman–Crippen MR) is 176 cm³/mol. The number of fused-ring (bicyclic) bond motifs is 6. The monoisotopic (exact) mass is 716 g/mol. The summed E-state index contributed by atoms with van der Waals surface area (Å²) in [5, 5.41) is 2.65. The molecular formula is C35H39F3N4O7S. The summed E-state index contributed by atoms with van der Waals surface area (Å²) in [6, 6.07) is 9.43. The number of aromatic nitrogens is 2. The molecule has 3 aliphatic carbocycles. The molecule has 3 fully saturated rings. The van der Waals surface area contributed by atoms with Crippen molar-refractivity contribution in [1.29, 1.82) is 0 Å². The van der Waals surface area contributed by atoms with Gasteiger partial charge in [-0.3, -0.25) is 4.79 Å². The van der Waals surface area contributed by atoms with Crippen LogP contribution in [-0.4, -0.2) is 73.2 Å². The van der Waals surface area contributed by atoms with Gasteiger partial charge in [-0.2, -0.15) is 21.6 Å². The van der Waals surface area contributed by atoms with Gasteiger partial charge in [-0.1, -0.05) is 36.8 Å². The Morgan fingerprint density at radius 1 is 0.980 bits per heavy atom. The summed E-state index contributed by atoms with van der Waals surface area (Å²) in [4.78, 5) is 36.2. The Kier molecular flexibility index (Phi) is 8.86. The van der Waals surface area contributed by atoms with E-state index in [0.717, 1.165) is 72.9 Å². The van der Waals surface area contributed by atoms with Gasteiger partial charge in [-0.25, -0.2) is 9.78 Å². The molecule has 4 aliphatic rings. The van der Waals surface area contributed by atoms with E-state index in [4.69, 9.17) is 14.5 Å². The molecule has 1 saturated heterocycles. The number of amides is 2. The summed E-state index contributed by atoms with van der Waals surface area (Å²) in [6.45, 7) is 1.73. The molecule has 2 heterocycles. The topological polar surface area (TPSA) is 140 Å². The number of benzene rings is 2. The van der Waals surface area contributed by atoms with Crippen LogP contribution >= 0.6 is 0 Å². The zero-order chi connectivity index (χ0) is 35.5. The molecule has 7 rings (SSSR count). The Hall–Kier alpha value is -4.11. The summed E-state index contributed by atoms with van der Waals surface area (Å²) < 4.78 is 78.1. The van der Waals surface area contributed by atoms with E-state index >= 15 is 0 Å². The number of hydrogen-bond donors (Lipinski definition) is 2. The molecule has 1 aromatic heterocycles. The van der Waals surface area contributed by atoms with Crippen LogP contribution in [0.25, 0.3) is 22.4 Å². The summed E-state index contributed by atoms with van der Waals surface area (Å²) >= 11 is 0. The van der Waals surface area contributed by atoms with Crippen molar-refractivity contribution in [2.45, 2.75) is 93.4 Å². The number of aromatic amines is 1. The van der Waals surface area contributed by atoms with Gasteiger partial charge < -0.3 is 28.9 Å². The molecule has 2 bridgehead atoms. The summed E-state index contributed by atoms with van der Waals surface area (Å²) in [6.07, 6.45) is 6.44. The highest BCUT2D eigenvalue weighted by Gasteiger charge is 2.51. The molecule has 2 aromatic carbocycles. The lowest BCUT2D eigenvalue weighted by Gasteiger charge is -2.34. The predicted octanol–water partition coefficient (Wildman–Crippen LogP) is 6.54. The van der Waals surface area contributed by atoms with E-state index in [1.165, 1.54) is 20.3 Å². The van der Waals surface area contributed by atoms with Crippen LogP contribution < -0.4 is 9.50 Å². The van der Waals surface area contributed by atoms with Gasteiger partial charge in [0.1, 0.15) is 17.6 Å². The van der Waals surface area contributed by atoms with Crippen LogP contribution in [0.15, 0.2) is 42.6 Å². The second kappa shape index (κ2) is 12.9. The molecule has 268 valence electrons. The molecule has 1 aliphatic heterocycles. The maximum atomic E-state index is 14.1. The number of hydrogen-bond acceptors (Lipinski definition) is 8. The van der Waals surface area contributed by atoms with Gasteiger partial charge in [0.15, 0.2) is 0 Å². The number of alkyl halides is 3. The Labute approximate surface area is 288 Å². The highest BCUT2D eigenvalue weighted by atomic mass is 32.2. The van der Waals surface area contributed by atoms with Crippen molar-refractivity contribution in [3.8, 4) is 28.1 Å². The third-order valence-electron chi connectivity index (χ3n) is 11.1. The molecule has 0 radical (unpaired) electrons. The van der Waals surface area contributed by atoms with Gasteiger partial charge in [0, 0.05) is 18.7 Å². The Bertz CT molecular complexity index is 1900. The minimum absolute atomic E-state index is 0.0219. The van der Waals surface area contributed by atoms with Crippen LogP contribution in [0.2, 0.25) is 0 Å². The van der Waals surface area contributed by atoms with Crippen molar-refractivity contribution >= 4 is 22.1 Å². The second-order valence-electron chi connectivity index (χ2n) is 13.7. The van der Waals surface area contributed by atoms with Gasteiger partial charge in [0.05, 0.1) is 31.1 Å². The van der Waals surface area contributed by atoms with Crippen molar-refractivity contribution < 1.29 is 44.8 Å². The van der Waals surface area contributed by atoms with Crippen molar-refractivity contribution in [2.75, 3.05) is 14.2 Å². The minimum atomic E-state index is -5.79. The number of imidazole rings is 1. The lowest BCUT2D eigenvalue weighted by atomic mass is 9.85. The van der Waals surface area contributed by atoms with Crippen molar-refractivity contribution in [1.82, 2.24) is 20.2 Å². The van der Waals surface area contributed by atoms with Gasteiger partial charge >= 0.3 is 21.7 Å². The molecular weight excluding hydrogens is 677 g/mol. The third-order valence-corrected chi connectivity index (χ3v) is 12.0. The number of rotatable bonds is 9. The van der Waals surface area contributed by atoms with E-state index in [-0.39, 0.29) is 35.6 Å². The quantitative estimate of drug-likeness (QED) is 0.188. The SMILES string of the molecule is COC(=O)N[C@H](C(=O)N1[C@H](c2ncc(-c3ccc(-c4ccc(OS(=O)(=O)C(F)(F)F)c5c4C4CCC5C4)cc3)[nH]2)C[C@@H]2CCC[C@@H]21)[C@@H](C)OC. The summed E-state index contributed by atoms with van der Waals surface area (Å²) in [5.74, 6) is 0.523. The molecule has 2 unspecified atom stereocenters. The second-order valence-corrected chi connectivity index (χ2v) is 15.2. The van der Waals surface area contributed by atoms with Crippen LogP contribution in [0.1, 0.15) is 86.7 Å². The largest absolute Gasteiger partial charge is 0.534 e. The fourth-order valence-corrected chi connectivity index (χ4v) is 9.14. The maximum Gasteiger partial charge on any atom is 0.534 e. The molecule has 15 heteroatoms. The zero-order valence-corrected chi connectivity index (χ0v) is 28.6. The van der Waals surface area contributed by atoms with E-state index in [9.17, 15) is 31.2 Å². The minimum Gasteiger partial charge on any atom is -0.453 e. The number of alkyl carbamates (subject to hydrolysis) is 1. The molecule has 2 N–H and O–H groups in total. The van der Waals surface area contributed by atoms with E-state index in [2.05, 4.69) is 14.5 Å². The average Bonchev–Trinajstić information content (AvgIpc) is 3.93. The average molecular weight is 717 g/mol. The Morgan fingerprint density at radius 2 is 1.68 bits per heavy atom. The number of carbonyl (C=O) groups is 2. The number of halogens is 3. The molecule has 3 aromatic rings. The van der Waals surface area contributed by atoms with E-state index < -0.39 is 33.9 Å². The first-order valence-electron chi connectivity index (χ1n) is 16.8. The number of nitrogens with one attached hydrogen (secondary N) is 2. The van der Waals surface area contributed by atoms with E-state index in [1.54, 1.807) is 19.2 Å². The summed E-state index contributed by atoms with van der Waals surface area (Å²) in [7, 11) is -3.06. The number of nitrogens with zero attached hydrogens (tertiary/aromatic N) is 2. The highest BCUT2D eigenvalue weighted by Crippen LogP contribution is 2.59. The zero-order valence-electron chi connectivity index (χ0n) is 27.8. The number of H-pyrrole nitrogens is 1. The van der Waals surface area contributed by atoms with E-state index in [1.807, 2.05) is 29.2 Å². The fraction of sp³-hybridized carbons (Fsp3) is 0.514. The third kappa shape index (κ3) is 5.91. The van der Waals surface area contributed by atoms with E-state index in [0.29, 0.717) is 17.3 Å². The molecule has 2 saturated carbocycles. The number of methoxy groups -OCH3 is 2. The van der Waals surface area contributed by atoms with Crippen molar-refractivity contribution in [3.05, 3.63) is 59.5 Å². The smallest absolute Gasteiger partial charge is 0.453 e. The molecule has 7 atom stereocenters. The Balaban J connectivity index is 1.15. The first kappa shape index (κ1) is 34.3. The Morgan fingerprint density at radius 3 is 2.36 bits per heavy atom. The van der Waals surface area contributed by atoms with Crippen LogP contribution in [0.5, 0.6) is 5.75 Å². The van der Waals surface area contributed by atoms with Crippen molar-refractivity contribution in [3.63, 3.8) is 0 Å². The normalized spacial score (nSPS) is 25.2. The number of likely N-dealkylation sites (tertiary alicyclic amines) is 1. The van der Waals surface area contributed by atoms with Crippen LogP contribution in [0.3, 0.4) is 0 Å². The molecule has 0 spiro atoms. The molecule has 11 nitrogen and oxygen atoms in total. The standard InChI is InChI=1S/C35H39F3N4O7S/c1-18(47-2)31(41-34(44)48-3)33(43)42-26-6-4-5-21(26)16-27(42)32-39-17-25(40-32)20-9-7-19(8-10-20)24-13-14-28(49-50(45,46)35(36,37)38)30-23-12-11-22(15-23)29(24)30/h7-10,13-14,17-18,21-23,26-27,31H,4-6,11-12,15-16H2,1-3H3,(H,39,40)(H,41,44)/t18-,21+,22?,23?,26+,27+,31+/m1/s1. The molecule has 2 amide bonds. The number of carbonyl (C=O) groups excluding carboxylic acids is 2. The first-order chi connectivity index (χ1) is 23.8. The van der Waals surface area contributed by atoms with Crippen molar-refractivity contribution in [2.24, 2.45) is 5.92 Å². The maximum absolute atomic E-state index is 14.1. The lowest BCUT2D eigenvalue weighted by molar-refractivity contribution is -0.140. The number of ether oxygens (including phenoxy) is 2. The first-order valence-corrected chi connectivity index (χ1v) is 18.2. The van der Waals surface area contributed by atoms with Gasteiger partial charge in [-0.05, 0) is 91.5 Å². The van der Waals surface area contributed by atoms with Crippen LogP contribution in [0, 0.1) is 5.92 Å². The van der Waals surface area contributed by atoms with Gasteiger partial charge in [-0.15, -0.1) is 0 Å². The molecule has 50 heavy (non-hydrogen) atoms. The van der Waals surface area contributed by atoms with Crippen LogP contribution in [-0.2, 0) is 24.4 Å². The van der Waals surface area contributed by atoms with Gasteiger partial charge in [0.2, 0.25) is 5.91 Å². The highest BCUT2D eigenvalue weighted by molar-refractivity contribution is 7.88. The van der Waals surface area contributed by atoms with Gasteiger partial charge in [0.25, 0.3) is 0 Å². The lowest BCUT2D eigenvalue weighted by Crippen LogP contribution is -2.55. The van der Waals surface area contributed by atoms with Crippen LogP contribution in [0.4, 0.5) is 18.0 Å².